The lowest BCUT2D eigenvalue weighted by Gasteiger charge is -2.32. The fraction of sp³-hybridized carbons (Fsp3) is 1.00. The van der Waals surface area contributed by atoms with E-state index in [0.717, 1.165) is 0 Å². The largest absolute Gasteiger partial charge is 0.396 e. The van der Waals surface area contributed by atoms with Gasteiger partial charge in [-0.2, -0.15) is 17.4 Å². The number of aliphatic hydroxyl groups excluding tert-OH is 1. The highest BCUT2D eigenvalue weighted by molar-refractivity contribution is 7.87. The van der Waals surface area contributed by atoms with Gasteiger partial charge < -0.3 is 5.11 Å². The van der Waals surface area contributed by atoms with Gasteiger partial charge in [-0.1, -0.05) is 34.6 Å². The van der Waals surface area contributed by atoms with E-state index in [9.17, 15) is 8.42 Å². The van der Waals surface area contributed by atoms with E-state index in [-0.39, 0.29) is 18.1 Å². The predicted molar refractivity (Wildman–Crippen MR) is 69.9 cm³/mol. The number of hydrogen-bond acceptors (Lipinski definition) is 3. The van der Waals surface area contributed by atoms with Crippen LogP contribution < -0.4 is 4.72 Å². The molecular weight excluding hydrogens is 240 g/mol. The van der Waals surface area contributed by atoms with Gasteiger partial charge in [0.15, 0.2) is 0 Å². The van der Waals surface area contributed by atoms with Crippen LogP contribution in [0, 0.1) is 5.41 Å². The Bertz CT molecular complexity index is 305. The van der Waals surface area contributed by atoms with E-state index in [1.807, 2.05) is 20.8 Å². The van der Waals surface area contributed by atoms with Crippen LogP contribution in [0.1, 0.15) is 41.0 Å². The molecule has 104 valence electrons. The molecule has 0 saturated heterocycles. The molecule has 0 aliphatic rings. The monoisotopic (exact) mass is 266 g/mol. The first-order valence-corrected chi connectivity index (χ1v) is 7.51. The van der Waals surface area contributed by atoms with Crippen molar-refractivity contribution >= 4 is 10.2 Å². The van der Waals surface area contributed by atoms with Crippen molar-refractivity contribution in [2.75, 3.05) is 19.7 Å². The highest BCUT2D eigenvalue weighted by Crippen LogP contribution is 2.22. The minimum Gasteiger partial charge on any atom is -0.396 e. The Kier molecular flexibility index (Phi) is 6.61. The van der Waals surface area contributed by atoms with Gasteiger partial charge in [-0.05, 0) is 11.8 Å². The summed E-state index contributed by atoms with van der Waals surface area (Å²) in [6.07, 6.45) is 0.421. The minimum atomic E-state index is -3.45. The summed E-state index contributed by atoms with van der Waals surface area (Å²) >= 11 is 0. The Morgan fingerprint density at radius 1 is 1.24 bits per heavy atom. The van der Waals surface area contributed by atoms with Gasteiger partial charge in [0.1, 0.15) is 0 Å². The molecule has 0 rings (SSSR count). The lowest BCUT2D eigenvalue weighted by Crippen LogP contribution is -2.50. The molecule has 0 aromatic rings. The lowest BCUT2D eigenvalue weighted by molar-refractivity contribution is 0.212. The smallest absolute Gasteiger partial charge is 0.279 e. The van der Waals surface area contributed by atoms with Gasteiger partial charge in [-0.3, -0.25) is 0 Å². The Balaban J connectivity index is 4.87. The molecule has 6 heteroatoms. The number of rotatable bonds is 7. The van der Waals surface area contributed by atoms with E-state index in [0.29, 0.717) is 19.5 Å². The molecule has 1 atom stereocenters. The second kappa shape index (κ2) is 6.68. The zero-order valence-corrected chi connectivity index (χ0v) is 12.3. The summed E-state index contributed by atoms with van der Waals surface area (Å²) in [4.78, 5) is 0. The molecule has 0 radical (unpaired) electrons. The fourth-order valence-electron chi connectivity index (χ4n) is 1.62. The highest BCUT2D eigenvalue weighted by atomic mass is 32.2. The molecule has 0 bridgehead atoms. The Hall–Kier alpha value is -0.170. The normalized spacial score (nSPS) is 15.2. The third kappa shape index (κ3) is 5.33. The van der Waals surface area contributed by atoms with Gasteiger partial charge in [-0.25, -0.2) is 0 Å². The van der Waals surface area contributed by atoms with Crippen molar-refractivity contribution in [2.24, 2.45) is 5.41 Å². The molecule has 0 aromatic heterocycles. The van der Waals surface area contributed by atoms with Crippen molar-refractivity contribution in [2.45, 2.75) is 47.1 Å². The van der Waals surface area contributed by atoms with E-state index in [1.165, 1.54) is 4.31 Å². The Morgan fingerprint density at radius 2 is 1.71 bits per heavy atom. The van der Waals surface area contributed by atoms with Crippen molar-refractivity contribution < 1.29 is 13.5 Å². The maximum absolute atomic E-state index is 12.1. The minimum absolute atomic E-state index is 0.0251. The zero-order valence-electron chi connectivity index (χ0n) is 11.5. The number of hydrogen-bond donors (Lipinski definition) is 2. The summed E-state index contributed by atoms with van der Waals surface area (Å²) in [7, 11) is -3.45. The number of nitrogens with one attached hydrogen (secondary N) is 1. The van der Waals surface area contributed by atoms with Crippen molar-refractivity contribution in [3.8, 4) is 0 Å². The third-order valence-corrected chi connectivity index (χ3v) is 4.58. The molecule has 1 unspecified atom stereocenters. The van der Waals surface area contributed by atoms with Gasteiger partial charge in [0.25, 0.3) is 10.2 Å². The molecule has 0 fully saturated rings. The van der Waals surface area contributed by atoms with Crippen LogP contribution in [0.2, 0.25) is 0 Å². The molecular formula is C11H26N2O3S. The van der Waals surface area contributed by atoms with Crippen LogP contribution in [-0.4, -0.2) is 43.6 Å². The van der Waals surface area contributed by atoms with Crippen molar-refractivity contribution in [1.82, 2.24) is 9.03 Å². The van der Waals surface area contributed by atoms with Crippen molar-refractivity contribution in [3.05, 3.63) is 0 Å². The summed E-state index contributed by atoms with van der Waals surface area (Å²) in [5.41, 5.74) is -0.219. The van der Waals surface area contributed by atoms with E-state index in [4.69, 9.17) is 5.11 Å². The molecule has 0 heterocycles. The Labute approximate surface area is 105 Å². The van der Waals surface area contributed by atoms with E-state index >= 15 is 0 Å². The second-order valence-corrected chi connectivity index (χ2v) is 6.84. The number of nitrogens with zero attached hydrogens (tertiary/aromatic N) is 1. The summed E-state index contributed by atoms with van der Waals surface area (Å²) in [5.74, 6) is 0. The van der Waals surface area contributed by atoms with Crippen LogP contribution in [0.25, 0.3) is 0 Å². The van der Waals surface area contributed by atoms with Gasteiger partial charge in [0.2, 0.25) is 0 Å². The molecule has 0 aliphatic carbocycles. The first-order chi connectivity index (χ1) is 7.69. The summed E-state index contributed by atoms with van der Waals surface area (Å²) < 4.78 is 28.2. The second-order valence-electron chi connectivity index (χ2n) is 5.14. The van der Waals surface area contributed by atoms with Gasteiger partial charge in [0.05, 0.1) is 0 Å². The molecule has 17 heavy (non-hydrogen) atoms. The van der Waals surface area contributed by atoms with E-state index in [1.54, 1.807) is 13.8 Å². The van der Waals surface area contributed by atoms with Gasteiger partial charge in [-0.15, -0.1) is 0 Å². The summed E-state index contributed by atoms with van der Waals surface area (Å²) in [6, 6.07) is -0.266. The van der Waals surface area contributed by atoms with Crippen LogP contribution >= 0.6 is 0 Å². The van der Waals surface area contributed by atoms with Gasteiger partial charge >= 0.3 is 0 Å². The third-order valence-electron chi connectivity index (χ3n) is 2.80. The quantitative estimate of drug-likeness (QED) is 0.721. The van der Waals surface area contributed by atoms with Crippen molar-refractivity contribution in [1.29, 1.82) is 0 Å². The SMILES string of the molecule is CCN(CC)S(=O)(=O)NC(CCO)C(C)(C)C. The maximum Gasteiger partial charge on any atom is 0.279 e. The first-order valence-electron chi connectivity index (χ1n) is 6.07. The average molecular weight is 266 g/mol. The van der Waals surface area contributed by atoms with E-state index < -0.39 is 10.2 Å². The highest BCUT2D eigenvalue weighted by Gasteiger charge is 2.30. The average Bonchev–Trinajstić information content (AvgIpc) is 2.16. The standard InChI is InChI=1S/C11H26N2O3S/c1-6-13(7-2)17(15,16)12-10(8-9-14)11(3,4)5/h10,12,14H,6-9H2,1-5H3. The zero-order chi connectivity index (χ0) is 13.7. The maximum atomic E-state index is 12.1. The Morgan fingerprint density at radius 3 is 2.00 bits per heavy atom. The molecule has 0 saturated carbocycles. The number of aliphatic hydroxyl groups is 1. The van der Waals surface area contributed by atoms with Gasteiger partial charge in [0, 0.05) is 25.7 Å². The molecule has 2 N–H and O–H groups in total. The van der Waals surface area contributed by atoms with Crippen LogP contribution in [0.15, 0.2) is 0 Å². The van der Waals surface area contributed by atoms with Crippen LogP contribution in [0.5, 0.6) is 0 Å². The van der Waals surface area contributed by atoms with Crippen LogP contribution in [-0.2, 0) is 10.2 Å². The molecule has 0 spiro atoms. The lowest BCUT2D eigenvalue weighted by atomic mass is 9.86. The molecule has 0 aromatic carbocycles. The summed E-state index contributed by atoms with van der Waals surface area (Å²) in [5, 5.41) is 9.00. The molecule has 0 amide bonds. The molecule has 0 aliphatic heterocycles. The van der Waals surface area contributed by atoms with Crippen LogP contribution in [0.4, 0.5) is 0 Å². The fourth-order valence-corrected chi connectivity index (χ4v) is 3.28. The first kappa shape index (κ1) is 16.8. The van der Waals surface area contributed by atoms with Crippen molar-refractivity contribution in [3.63, 3.8) is 0 Å². The van der Waals surface area contributed by atoms with E-state index in [2.05, 4.69) is 4.72 Å². The predicted octanol–water partition coefficient (Wildman–Crippen LogP) is 0.960. The van der Waals surface area contributed by atoms with Crippen LogP contribution in [0.3, 0.4) is 0 Å². The topological polar surface area (TPSA) is 69.6 Å². The summed E-state index contributed by atoms with van der Waals surface area (Å²) in [6.45, 7) is 10.3. The molecule has 5 nitrogen and oxygen atoms in total.